The van der Waals surface area contributed by atoms with Crippen molar-refractivity contribution in [2.24, 2.45) is 5.41 Å². The predicted molar refractivity (Wildman–Crippen MR) is 88.2 cm³/mol. The van der Waals surface area contributed by atoms with E-state index in [1.54, 1.807) is 6.07 Å². The Morgan fingerprint density at radius 2 is 2.00 bits per heavy atom. The predicted octanol–water partition coefficient (Wildman–Crippen LogP) is 4.34. The number of nitrogens with one attached hydrogen (secondary N) is 1. The van der Waals surface area contributed by atoms with E-state index in [0.29, 0.717) is 6.54 Å². The molecule has 1 N–H and O–H groups in total. The van der Waals surface area contributed by atoms with Crippen LogP contribution < -0.4 is 10.2 Å². The van der Waals surface area contributed by atoms with Crippen molar-refractivity contribution in [3.63, 3.8) is 0 Å². The molecule has 1 heterocycles. The summed E-state index contributed by atoms with van der Waals surface area (Å²) < 4.78 is 14.4. The average Bonchev–Trinajstić information content (AvgIpc) is 2.34. The molecule has 0 atom stereocenters. The van der Waals surface area contributed by atoms with Crippen LogP contribution in [0.1, 0.15) is 53.0 Å². The molecule has 0 aliphatic carbocycles. The van der Waals surface area contributed by atoms with Gasteiger partial charge in [-0.3, -0.25) is 0 Å². The molecular formula is C18H29FN2. The summed E-state index contributed by atoms with van der Waals surface area (Å²) in [5.74, 6) is -0.0964. The number of rotatable bonds is 3. The number of hydrogen-bond acceptors (Lipinski definition) is 2. The summed E-state index contributed by atoms with van der Waals surface area (Å²) in [6.07, 6.45) is 2.35. The fraction of sp³-hybridized carbons (Fsp3) is 0.667. The molecule has 1 aromatic rings. The molecule has 1 saturated heterocycles. The average molecular weight is 292 g/mol. The first-order valence-corrected chi connectivity index (χ1v) is 7.95. The van der Waals surface area contributed by atoms with Crippen molar-refractivity contribution in [2.75, 3.05) is 18.0 Å². The highest BCUT2D eigenvalue weighted by atomic mass is 19.1. The monoisotopic (exact) mass is 292 g/mol. The largest absolute Gasteiger partial charge is 0.368 e. The van der Waals surface area contributed by atoms with Gasteiger partial charge in [0.2, 0.25) is 0 Å². The lowest BCUT2D eigenvalue weighted by molar-refractivity contribution is 0.291. The van der Waals surface area contributed by atoms with Gasteiger partial charge in [-0.05, 0) is 50.7 Å². The zero-order valence-corrected chi connectivity index (χ0v) is 14.1. The Balaban J connectivity index is 2.25. The number of hydrogen-bond donors (Lipinski definition) is 1. The van der Waals surface area contributed by atoms with E-state index in [1.165, 1.54) is 6.42 Å². The normalized spacial score (nSPS) is 18.9. The number of benzene rings is 1. The van der Waals surface area contributed by atoms with Gasteiger partial charge in [-0.1, -0.05) is 26.0 Å². The van der Waals surface area contributed by atoms with Crippen LogP contribution >= 0.6 is 0 Å². The fourth-order valence-electron chi connectivity index (χ4n) is 3.03. The number of para-hydroxylation sites is 1. The van der Waals surface area contributed by atoms with Gasteiger partial charge in [0.15, 0.2) is 0 Å². The summed E-state index contributed by atoms with van der Waals surface area (Å²) in [7, 11) is 0. The van der Waals surface area contributed by atoms with Crippen LogP contribution in [0.3, 0.4) is 0 Å². The van der Waals surface area contributed by atoms with Crippen LogP contribution in [0.5, 0.6) is 0 Å². The van der Waals surface area contributed by atoms with Gasteiger partial charge < -0.3 is 10.2 Å². The first kappa shape index (κ1) is 16.3. The zero-order valence-electron chi connectivity index (χ0n) is 14.1. The lowest BCUT2D eigenvalue weighted by atomic mass is 9.83. The molecule has 21 heavy (non-hydrogen) atoms. The standard InChI is InChI=1S/C18H29FN2/c1-17(2,3)20-12-14-8-6-9-15(19)16(14)21-11-7-10-18(4,5)13-21/h6,8-9,20H,7,10-13H2,1-5H3. The van der Waals surface area contributed by atoms with Crippen LogP contribution in [0.4, 0.5) is 10.1 Å². The molecule has 3 heteroatoms. The van der Waals surface area contributed by atoms with Crippen molar-refractivity contribution >= 4 is 5.69 Å². The van der Waals surface area contributed by atoms with Crippen molar-refractivity contribution in [1.29, 1.82) is 0 Å². The summed E-state index contributed by atoms with van der Waals surface area (Å²) in [5.41, 5.74) is 2.14. The van der Waals surface area contributed by atoms with Crippen molar-refractivity contribution in [3.05, 3.63) is 29.6 Å². The van der Waals surface area contributed by atoms with E-state index in [-0.39, 0.29) is 16.8 Å². The van der Waals surface area contributed by atoms with E-state index < -0.39 is 0 Å². The van der Waals surface area contributed by atoms with E-state index in [4.69, 9.17) is 0 Å². The van der Waals surface area contributed by atoms with Crippen LogP contribution in [0, 0.1) is 11.2 Å². The summed E-state index contributed by atoms with van der Waals surface area (Å²) >= 11 is 0. The Morgan fingerprint density at radius 1 is 1.29 bits per heavy atom. The molecule has 0 bridgehead atoms. The van der Waals surface area contributed by atoms with Crippen LogP contribution in [0.15, 0.2) is 18.2 Å². The second-order valence-corrected chi connectivity index (χ2v) is 8.04. The zero-order chi connectivity index (χ0) is 15.7. The van der Waals surface area contributed by atoms with Crippen LogP contribution in [-0.4, -0.2) is 18.6 Å². The molecule has 1 fully saturated rings. The molecule has 118 valence electrons. The molecule has 1 aromatic carbocycles. The Morgan fingerprint density at radius 3 is 2.62 bits per heavy atom. The Hall–Kier alpha value is -1.09. The summed E-state index contributed by atoms with van der Waals surface area (Å²) in [5, 5.41) is 3.47. The summed E-state index contributed by atoms with van der Waals surface area (Å²) in [6.45, 7) is 13.5. The Labute approximate surface area is 128 Å². The second-order valence-electron chi connectivity index (χ2n) is 8.04. The molecule has 0 aromatic heterocycles. The fourth-order valence-corrected chi connectivity index (χ4v) is 3.03. The quantitative estimate of drug-likeness (QED) is 0.891. The third-order valence-corrected chi connectivity index (χ3v) is 4.10. The van der Waals surface area contributed by atoms with Gasteiger partial charge in [0.25, 0.3) is 0 Å². The van der Waals surface area contributed by atoms with Crippen molar-refractivity contribution < 1.29 is 4.39 Å². The van der Waals surface area contributed by atoms with Gasteiger partial charge in [0.1, 0.15) is 5.82 Å². The molecule has 1 aliphatic rings. The van der Waals surface area contributed by atoms with Gasteiger partial charge in [-0.25, -0.2) is 4.39 Å². The molecule has 0 unspecified atom stereocenters. The van der Waals surface area contributed by atoms with Gasteiger partial charge in [-0.2, -0.15) is 0 Å². The molecule has 2 rings (SSSR count). The van der Waals surface area contributed by atoms with Crippen molar-refractivity contribution in [3.8, 4) is 0 Å². The van der Waals surface area contributed by atoms with Crippen molar-refractivity contribution in [1.82, 2.24) is 5.32 Å². The highest BCUT2D eigenvalue weighted by Gasteiger charge is 2.29. The number of halogens is 1. The maximum Gasteiger partial charge on any atom is 0.146 e. The van der Waals surface area contributed by atoms with E-state index in [1.807, 2.05) is 12.1 Å². The van der Waals surface area contributed by atoms with Crippen LogP contribution in [0.2, 0.25) is 0 Å². The Bertz CT molecular complexity index is 488. The number of piperidine rings is 1. The van der Waals surface area contributed by atoms with Gasteiger partial charge in [0.05, 0.1) is 5.69 Å². The highest BCUT2D eigenvalue weighted by molar-refractivity contribution is 5.55. The lowest BCUT2D eigenvalue weighted by Gasteiger charge is -2.40. The molecule has 0 spiro atoms. The van der Waals surface area contributed by atoms with Gasteiger partial charge in [-0.15, -0.1) is 0 Å². The van der Waals surface area contributed by atoms with Gasteiger partial charge >= 0.3 is 0 Å². The molecule has 0 saturated carbocycles. The van der Waals surface area contributed by atoms with E-state index in [2.05, 4.69) is 44.8 Å². The van der Waals surface area contributed by atoms with Gasteiger partial charge in [0, 0.05) is 25.2 Å². The summed E-state index contributed by atoms with van der Waals surface area (Å²) in [6, 6.07) is 5.43. The maximum absolute atomic E-state index is 14.4. The second kappa shape index (κ2) is 5.96. The molecule has 0 amide bonds. The first-order valence-electron chi connectivity index (χ1n) is 7.95. The topological polar surface area (TPSA) is 15.3 Å². The third-order valence-electron chi connectivity index (χ3n) is 4.10. The van der Waals surface area contributed by atoms with E-state index >= 15 is 0 Å². The SMILES string of the molecule is CC1(C)CCCN(c2c(F)cccc2CNC(C)(C)C)C1. The van der Waals surface area contributed by atoms with E-state index in [9.17, 15) is 4.39 Å². The minimum Gasteiger partial charge on any atom is -0.368 e. The molecule has 1 aliphatic heterocycles. The van der Waals surface area contributed by atoms with Crippen LogP contribution in [-0.2, 0) is 6.54 Å². The molecule has 2 nitrogen and oxygen atoms in total. The summed E-state index contributed by atoms with van der Waals surface area (Å²) in [4.78, 5) is 2.23. The third kappa shape index (κ3) is 4.44. The molecule has 0 radical (unpaired) electrons. The Kier molecular flexibility index (Phi) is 4.62. The first-order chi connectivity index (χ1) is 9.68. The highest BCUT2D eigenvalue weighted by Crippen LogP contribution is 2.34. The lowest BCUT2D eigenvalue weighted by Crippen LogP contribution is -2.41. The van der Waals surface area contributed by atoms with E-state index in [0.717, 1.165) is 30.8 Å². The maximum atomic E-state index is 14.4. The van der Waals surface area contributed by atoms with Crippen LogP contribution in [0.25, 0.3) is 0 Å². The minimum absolute atomic E-state index is 0.0325. The minimum atomic E-state index is -0.0964. The molecular weight excluding hydrogens is 263 g/mol. The smallest absolute Gasteiger partial charge is 0.146 e. The number of nitrogens with zero attached hydrogens (tertiary/aromatic N) is 1. The number of anilines is 1. The van der Waals surface area contributed by atoms with Crippen molar-refractivity contribution in [2.45, 2.75) is 59.5 Å².